The van der Waals surface area contributed by atoms with Crippen LogP contribution in [0, 0.1) is 11.6 Å². The number of anilines is 1. The van der Waals surface area contributed by atoms with Crippen molar-refractivity contribution in [3.63, 3.8) is 0 Å². The van der Waals surface area contributed by atoms with Gasteiger partial charge in [0, 0.05) is 4.47 Å². The summed E-state index contributed by atoms with van der Waals surface area (Å²) in [6, 6.07) is 5.74. The third kappa shape index (κ3) is 3.27. The van der Waals surface area contributed by atoms with Gasteiger partial charge < -0.3 is 0 Å². The molecule has 2 rings (SSSR count). The van der Waals surface area contributed by atoms with Gasteiger partial charge in [0.25, 0.3) is 10.0 Å². The van der Waals surface area contributed by atoms with E-state index in [9.17, 15) is 17.2 Å². The molecule has 0 saturated carbocycles. The Balaban J connectivity index is 2.35. The van der Waals surface area contributed by atoms with Crippen LogP contribution in [-0.2, 0) is 10.0 Å². The zero-order valence-corrected chi connectivity index (χ0v) is 11.7. The maximum atomic E-state index is 13.6. The highest BCUT2D eigenvalue weighted by Crippen LogP contribution is 2.21. The van der Waals surface area contributed by atoms with Gasteiger partial charge in [-0.3, -0.25) is 4.72 Å². The highest BCUT2D eigenvalue weighted by molar-refractivity contribution is 9.10. The summed E-state index contributed by atoms with van der Waals surface area (Å²) in [4.78, 5) is 3.03. The summed E-state index contributed by atoms with van der Waals surface area (Å²) in [5.74, 6) is -1.59. The van der Waals surface area contributed by atoms with Gasteiger partial charge in [-0.25, -0.2) is 22.2 Å². The molecule has 1 heterocycles. The Bertz CT molecular complexity index is 705. The van der Waals surface area contributed by atoms with Gasteiger partial charge in [0.1, 0.15) is 22.3 Å². The summed E-state index contributed by atoms with van der Waals surface area (Å²) in [6.07, 6.45) is 0.857. The molecule has 0 spiro atoms. The van der Waals surface area contributed by atoms with Gasteiger partial charge in [0.15, 0.2) is 0 Å². The Morgan fingerprint density at radius 3 is 2.47 bits per heavy atom. The van der Waals surface area contributed by atoms with E-state index in [4.69, 9.17) is 0 Å². The first-order chi connectivity index (χ1) is 8.88. The van der Waals surface area contributed by atoms with Crippen LogP contribution in [0.2, 0.25) is 0 Å². The molecule has 1 N–H and O–H groups in total. The highest BCUT2D eigenvalue weighted by Gasteiger charge is 2.19. The van der Waals surface area contributed by atoms with Gasteiger partial charge in [-0.1, -0.05) is 15.9 Å². The SMILES string of the molecule is O=S(=O)(Nc1ccc(F)cn1)c1ccc(Br)cc1F. The second-order valence-corrected chi connectivity index (χ2v) is 6.11. The third-order valence-electron chi connectivity index (χ3n) is 2.15. The topological polar surface area (TPSA) is 59.1 Å². The summed E-state index contributed by atoms with van der Waals surface area (Å²) < 4.78 is 52.5. The Hall–Kier alpha value is -1.54. The minimum Gasteiger partial charge on any atom is -0.263 e. The Morgan fingerprint density at radius 2 is 1.89 bits per heavy atom. The van der Waals surface area contributed by atoms with Crippen LogP contribution in [0.25, 0.3) is 0 Å². The quantitative estimate of drug-likeness (QED) is 0.927. The predicted octanol–water partition coefficient (Wildman–Crippen LogP) is 2.92. The minimum atomic E-state index is -4.10. The molecule has 2 aromatic rings. The molecule has 1 aromatic carbocycles. The molecule has 8 heteroatoms. The summed E-state index contributed by atoms with van der Waals surface area (Å²) in [5.41, 5.74) is 0. The first kappa shape index (κ1) is 13.9. The Labute approximate surface area is 116 Å². The lowest BCUT2D eigenvalue weighted by Crippen LogP contribution is -2.15. The molecule has 100 valence electrons. The summed E-state index contributed by atoms with van der Waals surface area (Å²) in [5, 5.41) is 0. The van der Waals surface area contributed by atoms with Gasteiger partial charge in [-0.2, -0.15) is 0 Å². The van der Waals surface area contributed by atoms with Gasteiger partial charge >= 0.3 is 0 Å². The summed E-state index contributed by atoms with van der Waals surface area (Å²) >= 11 is 3.03. The second-order valence-electron chi connectivity index (χ2n) is 3.54. The molecule has 0 aliphatic carbocycles. The summed E-state index contributed by atoms with van der Waals surface area (Å²) in [6.45, 7) is 0. The van der Waals surface area contributed by atoms with E-state index < -0.39 is 26.6 Å². The Kier molecular flexibility index (Phi) is 3.81. The Morgan fingerprint density at radius 1 is 1.16 bits per heavy atom. The lowest BCUT2D eigenvalue weighted by molar-refractivity contribution is 0.569. The number of hydrogen-bond donors (Lipinski definition) is 1. The van der Waals surface area contributed by atoms with Crippen molar-refractivity contribution >= 4 is 31.8 Å². The van der Waals surface area contributed by atoms with Crippen LogP contribution >= 0.6 is 15.9 Å². The van der Waals surface area contributed by atoms with Crippen LogP contribution in [0.15, 0.2) is 45.9 Å². The third-order valence-corrected chi connectivity index (χ3v) is 4.03. The fourth-order valence-corrected chi connectivity index (χ4v) is 2.72. The van der Waals surface area contributed by atoms with Crippen molar-refractivity contribution < 1.29 is 17.2 Å². The molecular formula is C11H7BrF2N2O2S. The number of sulfonamides is 1. The molecule has 1 aromatic heterocycles. The maximum Gasteiger partial charge on any atom is 0.265 e. The smallest absolute Gasteiger partial charge is 0.263 e. The zero-order valence-electron chi connectivity index (χ0n) is 9.27. The summed E-state index contributed by atoms with van der Waals surface area (Å²) in [7, 11) is -4.10. The van der Waals surface area contributed by atoms with E-state index in [1.807, 2.05) is 0 Å². The van der Waals surface area contributed by atoms with Crippen molar-refractivity contribution in [2.24, 2.45) is 0 Å². The number of hydrogen-bond acceptors (Lipinski definition) is 3. The fourth-order valence-electron chi connectivity index (χ4n) is 1.32. The van der Waals surface area contributed by atoms with Gasteiger partial charge in [0.05, 0.1) is 6.20 Å². The molecule has 19 heavy (non-hydrogen) atoms. The van der Waals surface area contributed by atoms with Crippen molar-refractivity contribution in [1.82, 2.24) is 4.98 Å². The van der Waals surface area contributed by atoms with Crippen LogP contribution in [0.5, 0.6) is 0 Å². The number of nitrogens with one attached hydrogen (secondary N) is 1. The fraction of sp³-hybridized carbons (Fsp3) is 0. The van der Waals surface area contributed by atoms with Crippen LogP contribution in [0.3, 0.4) is 0 Å². The average Bonchev–Trinajstić information content (AvgIpc) is 2.31. The predicted molar refractivity (Wildman–Crippen MR) is 69.1 cm³/mol. The average molecular weight is 349 g/mol. The van der Waals surface area contributed by atoms with Crippen LogP contribution in [0.1, 0.15) is 0 Å². The molecule has 0 radical (unpaired) electrons. The molecule has 0 amide bonds. The van der Waals surface area contributed by atoms with Gasteiger partial charge in [-0.05, 0) is 30.3 Å². The molecule has 0 atom stereocenters. The van der Waals surface area contributed by atoms with Crippen molar-refractivity contribution in [2.45, 2.75) is 4.90 Å². The molecule has 0 aliphatic rings. The monoisotopic (exact) mass is 348 g/mol. The van der Waals surface area contributed by atoms with Crippen molar-refractivity contribution in [2.75, 3.05) is 4.72 Å². The van der Waals surface area contributed by atoms with E-state index in [1.165, 1.54) is 6.07 Å². The van der Waals surface area contributed by atoms with Crippen molar-refractivity contribution in [3.8, 4) is 0 Å². The van der Waals surface area contributed by atoms with Crippen LogP contribution in [0.4, 0.5) is 14.6 Å². The normalized spacial score (nSPS) is 11.3. The van der Waals surface area contributed by atoms with Gasteiger partial charge in [0.2, 0.25) is 0 Å². The van der Waals surface area contributed by atoms with E-state index in [2.05, 4.69) is 25.6 Å². The second kappa shape index (κ2) is 5.22. The maximum absolute atomic E-state index is 13.6. The van der Waals surface area contributed by atoms with Crippen molar-refractivity contribution in [3.05, 3.63) is 52.6 Å². The van der Waals surface area contributed by atoms with E-state index >= 15 is 0 Å². The number of nitrogens with zero attached hydrogens (tertiary/aromatic N) is 1. The molecule has 0 fully saturated rings. The first-order valence-electron chi connectivity index (χ1n) is 4.98. The lowest BCUT2D eigenvalue weighted by atomic mass is 10.3. The van der Waals surface area contributed by atoms with E-state index in [-0.39, 0.29) is 5.82 Å². The lowest BCUT2D eigenvalue weighted by Gasteiger charge is -2.08. The van der Waals surface area contributed by atoms with E-state index in [1.54, 1.807) is 0 Å². The van der Waals surface area contributed by atoms with Gasteiger partial charge in [-0.15, -0.1) is 0 Å². The molecule has 0 bridgehead atoms. The molecule has 4 nitrogen and oxygen atoms in total. The number of aromatic nitrogens is 1. The largest absolute Gasteiger partial charge is 0.265 e. The molecular weight excluding hydrogens is 342 g/mol. The molecule has 0 unspecified atom stereocenters. The first-order valence-corrected chi connectivity index (χ1v) is 7.25. The highest BCUT2D eigenvalue weighted by atomic mass is 79.9. The minimum absolute atomic E-state index is 0.0938. The number of benzene rings is 1. The molecule has 0 aliphatic heterocycles. The zero-order chi connectivity index (χ0) is 14.0. The molecule has 0 saturated heterocycles. The van der Waals surface area contributed by atoms with Crippen LogP contribution in [-0.4, -0.2) is 13.4 Å². The number of pyridine rings is 1. The van der Waals surface area contributed by atoms with E-state index in [0.717, 1.165) is 30.5 Å². The number of rotatable bonds is 3. The van der Waals surface area contributed by atoms with E-state index in [0.29, 0.717) is 4.47 Å². The van der Waals surface area contributed by atoms with Crippen molar-refractivity contribution in [1.29, 1.82) is 0 Å². The van der Waals surface area contributed by atoms with Crippen LogP contribution < -0.4 is 4.72 Å². The number of halogens is 3. The standard InChI is InChI=1S/C11H7BrF2N2O2S/c12-7-1-3-10(9(14)5-7)19(17,18)16-11-4-2-8(13)6-15-11/h1-6H,(H,15,16).